The van der Waals surface area contributed by atoms with Crippen LogP contribution in [0.4, 0.5) is 5.82 Å². The Morgan fingerprint density at radius 2 is 2.30 bits per heavy atom. The van der Waals surface area contributed by atoms with Gasteiger partial charge in [-0.15, -0.1) is 24.0 Å². The van der Waals surface area contributed by atoms with Gasteiger partial charge in [-0.05, 0) is 31.9 Å². The number of halogens is 2. The Bertz CT molecular complexity index is 497. The van der Waals surface area contributed by atoms with E-state index >= 15 is 0 Å². The Morgan fingerprint density at radius 1 is 1.48 bits per heavy atom. The molecule has 1 aliphatic rings. The van der Waals surface area contributed by atoms with Crippen molar-refractivity contribution in [3.05, 3.63) is 23.4 Å². The normalized spacial score (nSPS) is 17.8. The maximum absolute atomic E-state index is 6.23. The number of pyridine rings is 1. The van der Waals surface area contributed by atoms with Gasteiger partial charge in [0, 0.05) is 38.4 Å². The van der Waals surface area contributed by atoms with Crippen molar-refractivity contribution in [3.8, 4) is 0 Å². The van der Waals surface area contributed by atoms with Crippen LogP contribution < -0.4 is 15.5 Å². The van der Waals surface area contributed by atoms with E-state index in [1.807, 2.05) is 12.1 Å². The van der Waals surface area contributed by atoms with Crippen LogP contribution in [0.3, 0.4) is 0 Å². The topological polar surface area (TPSA) is 52.6 Å². The molecule has 7 heteroatoms. The van der Waals surface area contributed by atoms with Crippen molar-refractivity contribution in [2.75, 3.05) is 31.1 Å². The van der Waals surface area contributed by atoms with E-state index in [2.05, 4.69) is 39.4 Å². The van der Waals surface area contributed by atoms with Crippen LogP contribution in [0.15, 0.2) is 23.3 Å². The predicted octanol–water partition coefficient (Wildman–Crippen LogP) is 3.29. The Morgan fingerprint density at radius 3 is 3.00 bits per heavy atom. The molecule has 2 N–H and O–H groups in total. The average molecular weight is 452 g/mol. The molecule has 0 aliphatic carbocycles. The third-order valence-electron chi connectivity index (χ3n) is 3.69. The van der Waals surface area contributed by atoms with Gasteiger partial charge in [-0.2, -0.15) is 0 Å². The van der Waals surface area contributed by atoms with Gasteiger partial charge in [-0.25, -0.2) is 4.98 Å². The van der Waals surface area contributed by atoms with Gasteiger partial charge in [0.2, 0.25) is 0 Å². The molecule has 0 saturated carbocycles. The van der Waals surface area contributed by atoms with Gasteiger partial charge in [-0.1, -0.05) is 24.9 Å². The minimum absolute atomic E-state index is 0. The number of anilines is 1. The summed E-state index contributed by atoms with van der Waals surface area (Å²) in [5.74, 6) is 1.79. The molecule has 23 heavy (non-hydrogen) atoms. The van der Waals surface area contributed by atoms with Crippen molar-refractivity contribution in [2.24, 2.45) is 4.99 Å². The Hall–Kier alpha value is -0.760. The smallest absolute Gasteiger partial charge is 0.191 e. The van der Waals surface area contributed by atoms with Gasteiger partial charge in [0.25, 0.3) is 0 Å². The molecule has 0 spiro atoms. The number of unbranched alkanes of at least 4 members (excludes halogenated alkanes) is 1. The highest BCUT2D eigenvalue weighted by molar-refractivity contribution is 14.0. The van der Waals surface area contributed by atoms with E-state index in [1.54, 1.807) is 6.20 Å². The van der Waals surface area contributed by atoms with Crippen molar-refractivity contribution in [3.63, 3.8) is 0 Å². The molecule has 5 nitrogen and oxygen atoms in total. The molecule has 0 bridgehead atoms. The molecule has 1 aromatic rings. The van der Waals surface area contributed by atoms with Crippen LogP contribution in [-0.4, -0.2) is 43.2 Å². The third-order valence-corrected chi connectivity index (χ3v) is 3.99. The predicted molar refractivity (Wildman–Crippen MR) is 109 cm³/mol. The lowest BCUT2D eigenvalue weighted by atomic mass is 10.3. The maximum Gasteiger partial charge on any atom is 0.191 e. The van der Waals surface area contributed by atoms with E-state index in [0.717, 1.165) is 57.2 Å². The quantitative estimate of drug-likeness (QED) is 0.302. The zero-order valence-corrected chi connectivity index (χ0v) is 17.0. The Balaban J connectivity index is 0.00000264. The third kappa shape index (κ3) is 6.33. The second-order valence-corrected chi connectivity index (χ2v) is 5.91. The number of aromatic nitrogens is 1. The molecule has 1 fully saturated rings. The molecule has 1 atom stereocenters. The first-order valence-electron chi connectivity index (χ1n) is 8.14. The Kier molecular flexibility index (Phi) is 9.62. The summed E-state index contributed by atoms with van der Waals surface area (Å²) in [5.41, 5.74) is 0. The summed E-state index contributed by atoms with van der Waals surface area (Å²) in [5, 5.41) is 7.55. The van der Waals surface area contributed by atoms with Crippen molar-refractivity contribution < 1.29 is 0 Å². The molecule has 1 unspecified atom stereocenters. The molecule has 130 valence electrons. The van der Waals surface area contributed by atoms with Crippen molar-refractivity contribution in [2.45, 2.75) is 39.2 Å². The molecule has 2 rings (SSSR count). The van der Waals surface area contributed by atoms with Crippen LogP contribution in [0, 0.1) is 0 Å². The largest absolute Gasteiger partial charge is 0.357 e. The molecular formula is C16H27ClIN5. The summed E-state index contributed by atoms with van der Waals surface area (Å²) < 4.78 is 0. The molecule has 1 aliphatic heterocycles. The second-order valence-electron chi connectivity index (χ2n) is 5.50. The summed E-state index contributed by atoms with van der Waals surface area (Å²) in [6.07, 6.45) is 5.14. The van der Waals surface area contributed by atoms with E-state index in [4.69, 9.17) is 11.6 Å². The fourth-order valence-electron chi connectivity index (χ4n) is 2.54. The van der Waals surface area contributed by atoms with Crippen LogP contribution in [0.5, 0.6) is 0 Å². The zero-order chi connectivity index (χ0) is 15.8. The summed E-state index contributed by atoms with van der Waals surface area (Å²) >= 11 is 6.23. The van der Waals surface area contributed by atoms with E-state index in [0.29, 0.717) is 11.1 Å². The van der Waals surface area contributed by atoms with Gasteiger partial charge in [0.15, 0.2) is 5.96 Å². The van der Waals surface area contributed by atoms with E-state index < -0.39 is 0 Å². The number of nitrogens with one attached hydrogen (secondary N) is 2. The SMILES string of the molecule is CCCCN=C(NCC)NC1CCN(c2ncccc2Cl)C1.I. The summed E-state index contributed by atoms with van der Waals surface area (Å²) in [6.45, 7) is 7.87. The number of hydrogen-bond donors (Lipinski definition) is 2. The number of rotatable bonds is 6. The number of nitrogens with zero attached hydrogens (tertiary/aromatic N) is 3. The van der Waals surface area contributed by atoms with Gasteiger partial charge >= 0.3 is 0 Å². The lowest BCUT2D eigenvalue weighted by molar-refractivity contribution is 0.646. The first-order valence-corrected chi connectivity index (χ1v) is 8.52. The standard InChI is InChI=1S/C16H26ClN5.HI/c1-3-5-9-20-16(18-4-2)21-13-8-11-22(12-13)15-14(17)7-6-10-19-15;/h6-7,10,13H,3-5,8-9,11-12H2,1-2H3,(H2,18,20,21);1H. The molecule has 0 aromatic carbocycles. The lowest BCUT2D eigenvalue weighted by Gasteiger charge is -2.20. The minimum Gasteiger partial charge on any atom is -0.357 e. The molecule has 1 saturated heterocycles. The van der Waals surface area contributed by atoms with Gasteiger partial charge < -0.3 is 15.5 Å². The number of guanidine groups is 1. The van der Waals surface area contributed by atoms with Crippen molar-refractivity contribution >= 4 is 47.4 Å². The van der Waals surface area contributed by atoms with Crippen molar-refractivity contribution in [1.82, 2.24) is 15.6 Å². The highest BCUT2D eigenvalue weighted by atomic mass is 127. The zero-order valence-electron chi connectivity index (χ0n) is 13.9. The minimum atomic E-state index is 0. The van der Waals surface area contributed by atoms with Crippen molar-refractivity contribution in [1.29, 1.82) is 0 Å². The van der Waals surface area contributed by atoms with E-state index in [-0.39, 0.29) is 24.0 Å². The van der Waals surface area contributed by atoms with E-state index in [9.17, 15) is 0 Å². The highest BCUT2D eigenvalue weighted by Gasteiger charge is 2.25. The van der Waals surface area contributed by atoms with E-state index in [1.165, 1.54) is 0 Å². The molecule has 0 radical (unpaired) electrons. The van der Waals surface area contributed by atoms with Gasteiger partial charge in [-0.3, -0.25) is 4.99 Å². The van der Waals surface area contributed by atoms with Crippen LogP contribution in [0.1, 0.15) is 33.1 Å². The maximum atomic E-state index is 6.23. The molecule has 2 heterocycles. The monoisotopic (exact) mass is 451 g/mol. The summed E-state index contributed by atoms with van der Waals surface area (Å²) in [7, 11) is 0. The average Bonchev–Trinajstić information content (AvgIpc) is 2.96. The molecule has 1 aromatic heterocycles. The Labute approximate surface area is 161 Å². The summed E-state index contributed by atoms with van der Waals surface area (Å²) in [6, 6.07) is 4.12. The number of hydrogen-bond acceptors (Lipinski definition) is 3. The first kappa shape index (κ1) is 20.3. The van der Waals surface area contributed by atoms with Crippen LogP contribution >= 0.6 is 35.6 Å². The lowest BCUT2D eigenvalue weighted by Crippen LogP contribution is -2.44. The van der Waals surface area contributed by atoms with Crippen LogP contribution in [0.2, 0.25) is 5.02 Å². The fourth-order valence-corrected chi connectivity index (χ4v) is 2.78. The fraction of sp³-hybridized carbons (Fsp3) is 0.625. The second kappa shape index (κ2) is 10.9. The highest BCUT2D eigenvalue weighted by Crippen LogP contribution is 2.25. The number of aliphatic imine (C=N–C) groups is 1. The molecular weight excluding hydrogens is 425 g/mol. The van der Waals surface area contributed by atoms with Gasteiger partial charge in [0.1, 0.15) is 5.82 Å². The summed E-state index contributed by atoms with van der Waals surface area (Å²) in [4.78, 5) is 11.2. The van der Waals surface area contributed by atoms with Crippen LogP contribution in [0.25, 0.3) is 0 Å². The molecule has 0 amide bonds. The van der Waals surface area contributed by atoms with Gasteiger partial charge in [0.05, 0.1) is 5.02 Å². The first-order chi connectivity index (χ1) is 10.7. The van der Waals surface area contributed by atoms with Crippen LogP contribution in [-0.2, 0) is 0 Å².